The number of amides is 1. The van der Waals surface area contributed by atoms with Crippen LogP contribution in [0.2, 0.25) is 0 Å². The van der Waals surface area contributed by atoms with Gasteiger partial charge >= 0.3 is 24.3 Å². The molecule has 0 bridgehead atoms. The first-order valence-corrected chi connectivity index (χ1v) is 14.7. The number of nitrogens with one attached hydrogen (secondary N) is 4. The number of aliphatic carboxylic acids is 2. The van der Waals surface area contributed by atoms with Crippen molar-refractivity contribution >= 4 is 29.5 Å². The highest BCUT2D eigenvalue weighted by Gasteiger charge is 2.38. The molecule has 2 aliphatic heterocycles. The number of likely N-dealkylation sites (tertiary alicyclic amines) is 1. The van der Waals surface area contributed by atoms with Gasteiger partial charge in [0.25, 0.3) is 0 Å². The number of carboxylic acids is 2. The highest BCUT2D eigenvalue weighted by Crippen LogP contribution is 2.14. The van der Waals surface area contributed by atoms with E-state index in [1.807, 2.05) is 42.3 Å². The highest BCUT2D eigenvalue weighted by atomic mass is 19.4. The molecule has 2 heterocycles. The lowest BCUT2D eigenvalue weighted by atomic mass is 10.1. The third-order valence-corrected chi connectivity index (χ3v) is 6.70. The second kappa shape index (κ2) is 21.2. The number of likely N-dealkylation sites (N-methyl/N-ethyl adjacent to an activating group) is 1. The summed E-state index contributed by atoms with van der Waals surface area (Å²) in [5, 5.41) is 27.7. The number of piperidine rings is 1. The molecule has 1 amide bonds. The second-order valence-corrected chi connectivity index (χ2v) is 10.3. The molecule has 6 N–H and O–H groups in total. The monoisotopic (exact) mass is 671 g/mol. The van der Waals surface area contributed by atoms with Crippen LogP contribution in [0.15, 0.2) is 35.3 Å². The number of para-hydroxylation sites is 1. The Morgan fingerprint density at radius 2 is 1.46 bits per heavy atom. The van der Waals surface area contributed by atoms with E-state index in [2.05, 4.69) is 31.2 Å². The van der Waals surface area contributed by atoms with Crippen molar-refractivity contribution in [2.24, 2.45) is 4.99 Å². The molecule has 12 nitrogen and oxygen atoms in total. The molecule has 1 atom stereocenters. The summed E-state index contributed by atoms with van der Waals surface area (Å²) in [7, 11) is 1.88. The Morgan fingerprint density at radius 1 is 0.913 bits per heavy atom. The molecule has 1 unspecified atom stereocenters. The van der Waals surface area contributed by atoms with Gasteiger partial charge in [-0.1, -0.05) is 24.6 Å². The van der Waals surface area contributed by atoms with Crippen LogP contribution in [0.5, 0.6) is 0 Å². The standard InChI is InChI=1S/C24H41N7O.2C2HF3O2/c1-30(22-19-27-24(28-20-22)29-21-9-4-2-5-10-21)23(32)11-14-25-12-8-13-26-15-18-31-16-6-3-7-17-31;2*3-2(4,5)1(6)7/h2,4-5,9-10,22,25-26H,3,6-8,11-20H2,1H3,(H2,27,28,29);2*(H,6,7). The fourth-order valence-electron chi connectivity index (χ4n) is 4.12. The van der Waals surface area contributed by atoms with E-state index in [1.165, 1.54) is 32.4 Å². The summed E-state index contributed by atoms with van der Waals surface area (Å²) in [6.07, 6.45) is -4.45. The Labute approximate surface area is 263 Å². The van der Waals surface area contributed by atoms with E-state index in [0.717, 1.165) is 50.8 Å². The van der Waals surface area contributed by atoms with E-state index >= 15 is 0 Å². The molecule has 1 aromatic carbocycles. The third kappa shape index (κ3) is 18.4. The van der Waals surface area contributed by atoms with Gasteiger partial charge in [-0.3, -0.25) is 9.79 Å². The van der Waals surface area contributed by atoms with Crippen LogP contribution in [0.1, 0.15) is 32.1 Å². The molecule has 0 aromatic heterocycles. The summed E-state index contributed by atoms with van der Waals surface area (Å²) in [5.74, 6) is -4.59. The molecular weight excluding hydrogens is 628 g/mol. The minimum atomic E-state index is -5.08. The largest absolute Gasteiger partial charge is 0.490 e. The van der Waals surface area contributed by atoms with Gasteiger partial charge in [-0.05, 0) is 57.6 Å². The number of halogens is 6. The maximum atomic E-state index is 12.5. The SMILES string of the molecule is CN(C(=O)CCNCCCNCCN1CCCCC1)C1CN=C(Nc2ccccc2)NC1.O=C(O)C(F)(F)F.O=C(O)C(F)(F)F. The van der Waals surface area contributed by atoms with E-state index in [1.54, 1.807) is 0 Å². The Balaban J connectivity index is 0.000000629. The summed E-state index contributed by atoms with van der Waals surface area (Å²) >= 11 is 0. The van der Waals surface area contributed by atoms with E-state index in [9.17, 15) is 31.1 Å². The van der Waals surface area contributed by atoms with Crippen LogP contribution < -0.4 is 21.3 Å². The zero-order valence-corrected chi connectivity index (χ0v) is 25.6. The van der Waals surface area contributed by atoms with E-state index in [-0.39, 0.29) is 11.9 Å². The minimum Gasteiger partial charge on any atom is -0.475 e. The van der Waals surface area contributed by atoms with Crippen LogP contribution in [0.25, 0.3) is 0 Å². The average Bonchev–Trinajstić information content (AvgIpc) is 3.01. The molecule has 0 radical (unpaired) electrons. The fraction of sp³-hybridized carbons (Fsp3) is 0.643. The molecule has 0 spiro atoms. The Kier molecular flexibility index (Phi) is 18.6. The van der Waals surface area contributed by atoms with Gasteiger partial charge < -0.3 is 41.3 Å². The predicted molar refractivity (Wildman–Crippen MR) is 160 cm³/mol. The van der Waals surface area contributed by atoms with Gasteiger partial charge in [-0.2, -0.15) is 26.3 Å². The van der Waals surface area contributed by atoms with Crippen molar-refractivity contribution in [2.75, 3.05) is 71.3 Å². The average molecular weight is 672 g/mol. The van der Waals surface area contributed by atoms with Crippen LogP contribution >= 0.6 is 0 Å². The zero-order chi connectivity index (χ0) is 34.6. The Morgan fingerprint density at radius 3 is 1.96 bits per heavy atom. The topological polar surface area (TPSA) is 159 Å². The van der Waals surface area contributed by atoms with E-state index in [4.69, 9.17) is 19.8 Å². The van der Waals surface area contributed by atoms with Gasteiger partial charge in [-0.15, -0.1) is 0 Å². The van der Waals surface area contributed by atoms with Crippen molar-refractivity contribution < 1.29 is 50.9 Å². The summed E-state index contributed by atoms with van der Waals surface area (Å²) in [4.78, 5) is 39.3. The number of benzene rings is 1. The predicted octanol–water partition coefficient (Wildman–Crippen LogP) is 2.60. The van der Waals surface area contributed by atoms with Gasteiger partial charge in [-0.25, -0.2) is 9.59 Å². The van der Waals surface area contributed by atoms with E-state index in [0.29, 0.717) is 19.5 Å². The molecule has 0 aliphatic carbocycles. The fourth-order valence-corrected chi connectivity index (χ4v) is 4.12. The molecular formula is C28H43F6N7O5. The van der Waals surface area contributed by atoms with Crippen LogP contribution in [0, 0.1) is 0 Å². The Bertz CT molecular complexity index is 1050. The molecule has 18 heteroatoms. The summed E-state index contributed by atoms with van der Waals surface area (Å²) < 4.78 is 63.5. The summed E-state index contributed by atoms with van der Waals surface area (Å²) in [6, 6.07) is 10.1. The summed E-state index contributed by atoms with van der Waals surface area (Å²) in [6.45, 7) is 8.78. The third-order valence-electron chi connectivity index (χ3n) is 6.70. The number of alkyl halides is 6. The normalized spacial score (nSPS) is 16.8. The maximum Gasteiger partial charge on any atom is 0.490 e. The summed E-state index contributed by atoms with van der Waals surface area (Å²) in [5.41, 5.74) is 1.00. The number of hydrogen-bond acceptors (Lipinski definition) is 9. The maximum absolute atomic E-state index is 12.5. The number of nitrogens with zero attached hydrogens (tertiary/aromatic N) is 3. The number of hydrogen-bond donors (Lipinski definition) is 6. The molecule has 262 valence electrons. The van der Waals surface area contributed by atoms with E-state index < -0.39 is 24.3 Å². The number of aliphatic imine (C=N–C) groups is 1. The molecule has 2 aliphatic rings. The van der Waals surface area contributed by atoms with Crippen molar-refractivity contribution in [3.63, 3.8) is 0 Å². The highest BCUT2D eigenvalue weighted by molar-refractivity contribution is 5.94. The van der Waals surface area contributed by atoms with Crippen LogP contribution in [-0.4, -0.2) is 128 Å². The van der Waals surface area contributed by atoms with Gasteiger partial charge in [0.05, 0.1) is 12.6 Å². The second-order valence-electron chi connectivity index (χ2n) is 10.3. The van der Waals surface area contributed by atoms with Gasteiger partial charge in [0.1, 0.15) is 0 Å². The number of carbonyl (C=O) groups excluding carboxylic acids is 1. The lowest BCUT2D eigenvalue weighted by Crippen LogP contribution is -2.51. The lowest BCUT2D eigenvalue weighted by Gasteiger charge is -2.31. The quantitative estimate of drug-likeness (QED) is 0.144. The smallest absolute Gasteiger partial charge is 0.475 e. The van der Waals surface area contributed by atoms with Crippen molar-refractivity contribution in [2.45, 2.75) is 50.5 Å². The first-order valence-electron chi connectivity index (χ1n) is 14.7. The van der Waals surface area contributed by atoms with Crippen LogP contribution in [0.4, 0.5) is 32.0 Å². The first-order chi connectivity index (χ1) is 21.6. The molecule has 1 aromatic rings. The van der Waals surface area contributed by atoms with Crippen molar-refractivity contribution in [3.8, 4) is 0 Å². The van der Waals surface area contributed by atoms with Crippen molar-refractivity contribution in [1.29, 1.82) is 0 Å². The van der Waals surface area contributed by atoms with Crippen molar-refractivity contribution in [1.82, 2.24) is 25.8 Å². The molecule has 1 saturated heterocycles. The molecule has 0 saturated carbocycles. The Hall–Kier alpha value is -3.64. The van der Waals surface area contributed by atoms with Crippen LogP contribution in [0.3, 0.4) is 0 Å². The number of anilines is 1. The molecule has 46 heavy (non-hydrogen) atoms. The lowest BCUT2D eigenvalue weighted by molar-refractivity contribution is -0.193. The number of rotatable bonds is 12. The van der Waals surface area contributed by atoms with Crippen LogP contribution in [-0.2, 0) is 14.4 Å². The minimum absolute atomic E-state index is 0.0907. The number of carboxylic acid groups (broad SMARTS) is 2. The van der Waals surface area contributed by atoms with Gasteiger partial charge in [0.15, 0.2) is 5.96 Å². The number of carbonyl (C=O) groups is 3. The number of guanidine groups is 1. The first kappa shape index (κ1) is 40.4. The van der Waals surface area contributed by atoms with Crippen molar-refractivity contribution in [3.05, 3.63) is 30.3 Å². The zero-order valence-electron chi connectivity index (χ0n) is 25.6. The molecule has 1 fully saturated rings. The molecule has 3 rings (SSSR count). The van der Waals surface area contributed by atoms with Gasteiger partial charge in [0, 0.05) is 45.3 Å². The van der Waals surface area contributed by atoms with Gasteiger partial charge in [0.2, 0.25) is 5.91 Å².